The zero-order valence-electron chi connectivity index (χ0n) is 12.3. The lowest BCUT2D eigenvalue weighted by atomic mass is 9.99. The van der Waals surface area contributed by atoms with Crippen LogP contribution in [-0.4, -0.2) is 62.7 Å². The number of halogens is 3. The van der Waals surface area contributed by atoms with E-state index in [1.54, 1.807) is 0 Å². The molecule has 0 unspecified atom stereocenters. The van der Waals surface area contributed by atoms with Crippen LogP contribution in [-0.2, 0) is 10.9 Å². The summed E-state index contributed by atoms with van der Waals surface area (Å²) >= 11 is 0. The van der Waals surface area contributed by atoms with E-state index in [0.717, 1.165) is 6.07 Å². The molecule has 0 bridgehead atoms. The summed E-state index contributed by atoms with van der Waals surface area (Å²) in [5, 5.41) is 48.7. The van der Waals surface area contributed by atoms with Gasteiger partial charge in [0.1, 0.15) is 35.7 Å². The molecule has 1 fully saturated rings. The zero-order chi connectivity index (χ0) is 18.9. The summed E-state index contributed by atoms with van der Waals surface area (Å²) in [6.45, 7) is -0.794. The Labute approximate surface area is 138 Å². The van der Waals surface area contributed by atoms with E-state index in [1.807, 2.05) is 0 Å². The van der Waals surface area contributed by atoms with Crippen LogP contribution in [0.4, 0.5) is 18.9 Å². The fourth-order valence-corrected chi connectivity index (χ4v) is 2.25. The van der Waals surface area contributed by atoms with Crippen molar-refractivity contribution in [2.75, 3.05) is 6.61 Å². The first-order chi connectivity index (χ1) is 11.6. The summed E-state index contributed by atoms with van der Waals surface area (Å²) in [7, 11) is 0. The largest absolute Gasteiger partial charge is 0.461 e. The Bertz CT molecular complexity index is 638. The van der Waals surface area contributed by atoms with Crippen molar-refractivity contribution in [1.82, 2.24) is 0 Å². The van der Waals surface area contributed by atoms with Gasteiger partial charge in [-0.05, 0) is 6.07 Å². The summed E-state index contributed by atoms with van der Waals surface area (Å²) in [5.74, 6) is -0.887. The molecule has 1 aromatic carbocycles. The van der Waals surface area contributed by atoms with E-state index in [1.165, 1.54) is 0 Å². The summed E-state index contributed by atoms with van der Waals surface area (Å²) in [5.41, 5.74) is -2.31. The number of hydrogen-bond acceptors (Lipinski definition) is 8. The molecular weight excluding hydrogens is 355 g/mol. The lowest BCUT2D eigenvalue weighted by molar-refractivity contribution is -0.385. The van der Waals surface area contributed by atoms with Crippen LogP contribution in [0.1, 0.15) is 5.56 Å². The molecule has 140 valence electrons. The molecule has 12 heteroatoms. The molecule has 0 spiro atoms. The van der Waals surface area contributed by atoms with Crippen LogP contribution in [0.15, 0.2) is 18.2 Å². The van der Waals surface area contributed by atoms with Gasteiger partial charge in [0.2, 0.25) is 6.29 Å². The molecule has 0 amide bonds. The van der Waals surface area contributed by atoms with E-state index >= 15 is 0 Å². The highest BCUT2D eigenvalue weighted by Gasteiger charge is 2.46. The second kappa shape index (κ2) is 7.09. The van der Waals surface area contributed by atoms with Crippen LogP contribution >= 0.6 is 0 Å². The normalized spacial score (nSPS) is 30.1. The topological polar surface area (TPSA) is 143 Å². The fraction of sp³-hybridized carbons (Fsp3) is 0.538. The monoisotopic (exact) mass is 369 g/mol. The van der Waals surface area contributed by atoms with Gasteiger partial charge in [0, 0.05) is 12.1 Å². The quantitative estimate of drug-likeness (QED) is 0.422. The van der Waals surface area contributed by atoms with Crippen molar-refractivity contribution >= 4 is 5.69 Å². The number of hydrogen-bond donors (Lipinski definition) is 4. The number of benzene rings is 1. The van der Waals surface area contributed by atoms with Gasteiger partial charge in [-0.15, -0.1) is 0 Å². The average Bonchev–Trinajstić information content (AvgIpc) is 2.54. The number of alkyl halides is 3. The van der Waals surface area contributed by atoms with Crippen molar-refractivity contribution in [1.29, 1.82) is 0 Å². The second-order valence-corrected chi connectivity index (χ2v) is 5.25. The van der Waals surface area contributed by atoms with E-state index in [-0.39, 0.29) is 6.07 Å². The molecule has 1 heterocycles. The zero-order valence-corrected chi connectivity index (χ0v) is 12.3. The highest BCUT2D eigenvalue weighted by atomic mass is 19.4. The highest BCUT2D eigenvalue weighted by Crippen LogP contribution is 2.39. The van der Waals surface area contributed by atoms with Crippen LogP contribution in [0.5, 0.6) is 5.75 Å². The summed E-state index contributed by atoms with van der Waals surface area (Å²) in [4.78, 5) is 9.62. The fourth-order valence-electron chi connectivity index (χ4n) is 2.25. The maximum atomic E-state index is 13.1. The van der Waals surface area contributed by atoms with E-state index in [0.29, 0.717) is 6.07 Å². The van der Waals surface area contributed by atoms with Crippen LogP contribution < -0.4 is 4.74 Å². The number of aliphatic hydroxyl groups is 4. The van der Waals surface area contributed by atoms with E-state index in [2.05, 4.69) is 0 Å². The van der Waals surface area contributed by atoms with Gasteiger partial charge < -0.3 is 29.9 Å². The molecule has 1 aliphatic heterocycles. The van der Waals surface area contributed by atoms with Crippen LogP contribution in [0.25, 0.3) is 0 Å². The predicted octanol–water partition coefficient (Wildman–Crippen LogP) is -0.208. The molecule has 0 aliphatic carbocycles. The number of aliphatic hydroxyl groups excluding tert-OH is 4. The third-order valence-corrected chi connectivity index (χ3v) is 3.57. The summed E-state index contributed by atoms with van der Waals surface area (Å²) < 4.78 is 49.1. The van der Waals surface area contributed by atoms with Crippen molar-refractivity contribution in [3.8, 4) is 5.75 Å². The number of nitrogens with zero attached hydrogens (tertiary/aromatic N) is 1. The first-order valence-corrected chi connectivity index (χ1v) is 6.89. The molecule has 9 nitrogen and oxygen atoms in total. The molecule has 1 aromatic rings. The van der Waals surface area contributed by atoms with Crippen LogP contribution in [0, 0.1) is 10.1 Å². The Balaban J connectivity index is 2.34. The van der Waals surface area contributed by atoms with Gasteiger partial charge in [0.15, 0.2) is 0 Å². The van der Waals surface area contributed by atoms with Crippen molar-refractivity contribution in [3.05, 3.63) is 33.9 Å². The van der Waals surface area contributed by atoms with Gasteiger partial charge in [-0.25, -0.2) is 0 Å². The lowest BCUT2D eigenvalue weighted by Gasteiger charge is -2.39. The first kappa shape index (κ1) is 19.3. The summed E-state index contributed by atoms with van der Waals surface area (Å²) in [6.07, 6.45) is -13.7. The highest BCUT2D eigenvalue weighted by molar-refractivity contribution is 5.45. The molecule has 2 rings (SSSR count). The van der Waals surface area contributed by atoms with Crippen LogP contribution in [0.3, 0.4) is 0 Å². The van der Waals surface area contributed by atoms with Crippen molar-refractivity contribution in [2.45, 2.75) is 36.9 Å². The Morgan fingerprint density at radius 1 is 1.20 bits per heavy atom. The van der Waals surface area contributed by atoms with Crippen molar-refractivity contribution < 1.29 is 48.0 Å². The van der Waals surface area contributed by atoms with E-state index < -0.39 is 65.4 Å². The molecule has 4 N–H and O–H groups in total. The molecule has 5 atom stereocenters. The lowest BCUT2D eigenvalue weighted by Crippen LogP contribution is -2.60. The smallest absolute Gasteiger partial charge is 0.420 e. The van der Waals surface area contributed by atoms with Gasteiger partial charge in [-0.1, -0.05) is 0 Å². The van der Waals surface area contributed by atoms with Gasteiger partial charge in [-0.3, -0.25) is 10.1 Å². The maximum absolute atomic E-state index is 13.1. The first-order valence-electron chi connectivity index (χ1n) is 6.89. The number of ether oxygens (including phenoxy) is 2. The van der Waals surface area contributed by atoms with Gasteiger partial charge >= 0.3 is 6.18 Å². The van der Waals surface area contributed by atoms with Gasteiger partial charge in [0.05, 0.1) is 11.5 Å². The molecular formula is C13H14F3NO8. The number of rotatable bonds is 4. The minimum atomic E-state index is -5.00. The Hall–Kier alpha value is -1.99. The number of nitro benzene ring substituents is 1. The third kappa shape index (κ3) is 3.99. The number of nitro groups is 1. The second-order valence-electron chi connectivity index (χ2n) is 5.25. The molecule has 1 saturated heterocycles. The van der Waals surface area contributed by atoms with E-state index in [9.17, 15) is 38.6 Å². The SMILES string of the molecule is O=[N+]([O-])c1ccc(O[C@H]2O[C@H](CO)[C@H](O)[C@H](O)[C@H]2O)c(C(F)(F)F)c1. The Morgan fingerprint density at radius 2 is 1.84 bits per heavy atom. The van der Waals surface area contributed by atoms with Crippen LogP contribution in [0.2, 0.25) is 0 Å². The van der Waals surface area contributed by atoms with Crippen molar-refractivity contribution in [3.63, 3.8) is 0 Å². The molecule has 0 radical (unpaired) electrons. The molecule has 25 heavy (non-hydrogen) atoms. The Kier molecular flexibility index (Phi) is 5.49. The minimum Gasteiger partial charge on any atom is -0.461 e. The Morgan fingerprint density at radius 3 is 2.36 bits per heavy atom. The third-order valence-electron chi connectivity index (χ3n) is 3.57. The minimum absolute atomic E-state index is 0.249. The predicted molar refractivity (Wildman–Crippen MR) is 72.5 cm³/mol. The summed E-state index contributed by atoms with van der Waals surface area (Å²) in [6, 6.07) is 1.68. The van der Waals surface area contributed by atoms with E-state index in [4.69, 9.17) is 14.6 Å². The standard InChI is InChI=1S/C13H14F3NO8/c14-13(15,16)6-3-5(17(22)23)1-2-7(6)24-12-11(21)10(20)9(19)8(4-18)25-12/h1-3,8-12,18-21H,4H2/t8-,9+,10+,11-,12+/m1/s1. The molecule has 0 aromatic heterocycles. The maximum Gasteiger partial charge on any atom is 0.420 e. The molecule has 0 saturated carbocycles. The number of non-ortho nitro benzene ring substituents is 1. The van der Waals surface area contributed by atoms with Crippen molar-refractivity contribution in [2.24, 2.45) is 0 Å². The average molecular weight is 369 g/mol. The molecule has 1 aliphatic rings. The van der Waals surface area contributed by atoms with Gasteiger partial charge in [0.25, 0.3) is 5.69 Å². The van der Waals surface area contributed by atoms with Gasteiger partial charge in [-0.2, -0.15) is 13.2 Å².